The monoisotopic (exact) mass is 264 g/mol. The summed E-state index contributed by atoms with van der Waals surface area (Å²) in [5.41, 5.74) is 2.69. The van der Waals surface area contributed by atoms with Crippen molar-refractivity contribution in [3.63, 3.8) is 0 Å². The van der Waals surface area contributed by atoms with Gasteiger partial charge in [0.1, 0.15) is 0 Å². The standard InChI is InChI=1S/C14H20N2OS/c1-4-14(17,5-2)9-18-13-15-11-7-6-10(3)8-12(11)16-13/h6-8,17H,4-5,9H2,1-3H3,(H,15,16). The second kappa shape index (κ2) is 5.33. The predicted molar refractivity (Wildman–Crippen MR) is 77.1 cm³/mol. The van der Waals surface area contributed by atoms with E-state index in [9.17, 15) is 5.11 Å². The van der Waals surface area contributed by atoms with Gasteiger partial charge in [-0.3, -0.25) is 0 Å². The quantitative estimate of drug-likeness (QED) is 0.812. The van der Waals surface area contributed by atoms with Crippen molar-refractivity contribution in [1.82, 2.24) is 9.97 Å². The Morgan fingerprint density at radius 1 is 1.33 bits per heavy atom. The summed E-state index contributed by atoms with van der Waals surface area (Å²) >= 11 is 1.59. The van der Waals surface area contributed by atoms with E-state index < -0.39 is 5.60 Å². The SMILES string of the molecule is CCC(O)(CC)CSc1nc2ccc(C)cc2[nH]1. The van der Waals surface area contributed by atoms with Gasteiger partial charge < -0.3 is 10.1 Å². The van der Waals surface area contributed by atoms with Crippen molar-refractivity contribution >= 4 is 22.8 Å². The number of hydrogen-bond acceptors (Lipinski definition) is 3. The minimum Gasteiger partial charge on any atom is -0.389 e. The molecule has 4 heteroatoms. The van der Waals surface area contributed by atoms with Gasteiger partial charge in [-0.15, -0.1) is 0 Å². The Bertz CT molecular complexity index is 532. The first-order valence-corrected chi connectivity index (χ1v) is 7.36. The van der Waals surface area contributed by atoms with Crippen LogP contribution in [0.25, 0.3) is 11.0 Å². The highest BCUT2D eigenvalue weighted by atomic mass is 32.2. The maximum absolute atomic E-state index is 10.2. The molecule has 0 aliphatic rings. The summed E-state index contributed by atoms with van der Waals surface area (Å²) in [6, 6.07) is 6.18. The molecule has 0 aliphatic heterocycles. The molecule has 2 aromatic rings. The third-order valence-corrected chi connectivity index (χ3v) is 4.56. The van der Waals surface area contributed by atoms with Crippen molar-refractivity contribution in [2.24, 2.45) is 0 Å². The number of H-pyrrole nitrogens is 1. The minimum atomic E-state index is -0.584. The second-order valence-electron chi connectivity index (χ2n) is 4.78. The molecular weight excluding hydrogens is 244 g/mol. The van der Waals surface area contributed by atoms with Crippen LogP contribution >= 0.6 is 11.8 Å². The lowest BCUT2D eigenvalue weighted by molar-refractivity contribution is 0.0571. The largest absolute Gasteiger partial charge is 0.389 e. The number of nitrogens with zero attached hydrogens (tertiary/aromatic N) is 1. The molecule has 0 aliphatic carbocycles. The van der Waals surface area contributed by atoms with Gasteiger partial charge in [0.15, 0.2) is 5.16 Å². The van der Waals surface area contributed by atoms with Crippen LogP contribution in [0.2, 0.25) is 0 Å². The second-order valence-corrected chi connectivity index (χ2v) is 5.75. The first kappa shape index (κ1) is 13.4. The summed E-state index contributed by atoms with van der Waals surface area (Å²) in [5.74, 6) is 0.679. The summed E-state index contributed by atoms with van der Waals surface area (Å²) in [6.45, 7) is 6.11. The zero-order chi connectivity index (χ0) is 13.2. The van der Waals surface area contributed by atoms with Crippen LogP contribution in [0.5, 0.6) is 0 Å². The van der Waals surface area contributed by atoms with Crippen LogP contribution in [0.15, 0.2) is 23.4 Å². The number of aliphatic hydroxyl groups is 1. The normalized spacial score (nSPS) is 12.2. The number of benzene rings is 1. The molecule has 0 radical (unpaired) electrons. The molecule has 0 fully saturated rings. The van der Waals surface area contributed by atoms with Gasteiger partial charge in [-0.25, -0.2) is 4.98 Å². The van der Waals surface area contributed by atoms with Crippen LogP contribution < -0.4 is 0 Å². The highest BCUT2D eigenvalue weighted by molar-refractivity contribution is 7.99. The Balaban J connectivity index is 2.13. The van der Waals surface area contributed by atoms with E-state index in [0.29, 0.717) is 5.75 Å². The lowest BCUT2D eigenvalue weighted by atomic mass is 10.0. The molecule has 0 saturated carbocycles. The van der Waals surface area contributed by atoms with E-state index in [-0.39, 0.29) is 0 Å². The molecule has 0 bridgehead atoms. The van der Waals surface area contributed by atoms with Gasteiger partial charge in [0.2, 0.25) is 0 Å². The lowest BCUT2D eigenvalue weighted by Gasteiger charge is -2.23. The van der Waals surface area contributed by atoms with Gasteiger partial charge in [-0.2, -0.15) is 0 Å². The van der Waals surface area contributed by atoms with Gasteiger partial charge in [0.25, 0.3) is 0 Å². The summed E-state index contributed by atoms with van der Waals surface area (Å²) in [4.78, 5) is 7.82. The molecule has 1 aromatic carbocycles. The van der Waals surface area contributed by atoms with Gasteiger partial charge >= 0.3 is 0 Å². The van der Waals surface area contributed by atoms with Crippen LogP contribution in [0.1, 0.15) is 32.3 Å². The van der Waals surface area contributed by atoms with E-state index in [1.807, 2.05) is 19.9 Å². The number of thioether (sulfide) groups is 1. The number of imidazole rings is 1. The third-order valence-electron chi connectivity index (χ3n) is 3.41. The van der Waals surface area contributed by atoms with Gasteiger partial charge in [0.05, 0.1) is 16.6 Å². The van der Waals surface area contributed by atoms with Gasteiger partial charge in [-0.1, -0.05) is 31.7 Å². The average molecular weight is 264 g/mol. The maximum atomic E-state index is 10.2. The molecular formula is C14H20N2OS. The fourth-order valence-corrected chi connectivity index (χ4v) is 2.98. The first-order valence-electron chi connectivity index (χ1n) is 6.38. The van der Waals surface area contributed by atoms with Crippen LogP contribution in [-0.4, -0.2) is 26.4 Å². The number of rotatable bonds is 5. The molecule has 3 nitrogen and oxygen atoms in total. The molecule has 2 N–H and O–H groups in total. The molecule has 0 unspecified atom stereocenters. The van der Waals surface area contributed by atoms with Crippen molar-refractivity contribution in [3.05, 3.63) is 23.8 Å². The van der Waals surface area contributed by atoms with Gasteiger partial charge in [-0.05, 0) is 37.5 Å². The summed E-state index contributed by atoms with van der Waals surface area (Å²) < 4.78 is 0. The van der Waals surface area contributed by atoms with E-state index in [4.69, 9.17) is 0 Å². The highest BCUT2D eigenvalue weighted by Crippen LogP contribution is 2.26. The van der Waals surface area contributed by atoms with E-state index in [0.717, 1.165) is 29.0 Å². The lowest BCUT2D eigenvalue weighted by Crippen LogP contribution is -2.29. The van der Waals surface area contributed by atoms with Gasteiger partial charge in [0, 0.05) is 5.75 Å². The number of fused-ring (bicyclic) bond motifs is 1. The van der Waals surface area contributed by atoms with Crippen molar-refractivity contribution in [2.45, 2.75) is 44.4 Å². The van der Waals surface area contributed by atoms with Crippen molar-refractivity contribution < 1.29 is 5.11 Å². The molecule has 0 spiro atoms. The van der Waals surface area contributed by atoms with Crippen molar-refractivity contribution in [3.8, 4) is 0 Å². The zero-order valence-corrected chi connectivity index (χ0v) is 12.0. The maximum Gasteiger partial charge on any atom is 0.166 e. The Morgan fingerprint density at radius 3 is 2.72 bits per heavy atom. The molecule has 0 amide bonds. The molecule has 2 rings (SSSR count). The highest BCUT2D eigenvalue weighted by Gasteiger charge is 2.22. The Labute approximate surface area is 112 Å². The van der Waals surface area contributed by atoms with E-state index in [2.05, 4.69) is 29.0 Å². The van der Waals surface area contributed by atoms with Crippen molar-refractivity contribution in [1.29, 1.82) is 0 Å². The molecule has 0 atom stereocenters. The van der Waals surface area contributed by atoms with E-state index in [1.165, 1.54) is 5.56 Å². The number of aromatic nitrogens is 2. The minimum absolute atomic E-state index is 0.584. The van der Waals surface area contributed by atoms with Crippen LogP contribution in [0.4, 0.5) is 0 Å². The summed E-state index contributed by atoms with van der Waals surface area (Å²) in [6.07, 6.45) is 1.55. The Kier molecular flexibility index (Phi) is 3.97. The molecule has 1 heterocycles. The van der Waals surface area contributed by atoms with E-state index >= 15 is 0 Å². The average Bonchev–Trinajstić information content (AvgIpc) is 2.78. The van der Waals surface area contributed by atoms with Crippen LogP contribution in [0.3, 0.4) is 0 Å². The third kappa shape index (κ3) is 2.87. The smallest absolute Gasteiger partial charge is 0.166 e. The Hall–Kier alpha value is -1.00. The predicted octanol–water partition coefficient (Wildman–Crippen LogP) is 3.51. The molecule has 98 valence electrons. The van der Waals surface area contributed by atoms with E-state index in [1.54, 1.807) is 11.8 Å². The number of nitrogens with one attached hydrogen (secondary N) is 1. The Morgan fingerprint density at radius 2 is 2.06 bits per heavy atom. The molecule has 18 heavy (non-hydrogen) atoms. The number of aromatic amines is 1. The zero-order valence-electron chi connectivity index (χ0n) is 11.2. The fraction of sp³-hybridized carbons (Fsp3) is 0.500. The first-order chi connectivity index (χ1) is 8.56. The topological polar surface area (TPSA) is 48.9 Å². The van der Waals surface area contributed by atoms with Crippen LogP contribution in [0, 0.1) is 6.92 Å². The summed E-state index contributed by atoms with van der Waals surface area (Å²) in [5, 5.41) is 11.1. The fourth-order valence-electron chi connectivity index (χ4n) is 1.83. The number of aryl methyl sites for hydroxylation is 1. The molecule has 0 saturated heterocycles. The number of hydrogen-bond donors (Lipinski definition) is 2. The van der Waals surface area contributed by atoms with Crippen molar-refractivity contribution in [2.75, 3.05) is 5.75 Å². The summed E-state index contributed by atoms with van der Waals surface area (Å²) in [7, 11) is 0. The molecule has 1 aromatic heterocycles. The van der Waals surface area contributed by atoms with Crippen LogP contribution in [-0.2, 0) is 0 Å².